The first kappa shape index (κ1) is 10.9. The lowest BCUT2D eigenvalue weighted by Gasteiger charge is -2.05. The van der Waals surface area contributed by atoms with Crippen molar-refractivity contribution in [3.63, 3.8) is 0 Å². The molecule has 1 heterocycles. The maximum Gasteiger partial charge on any atom is 0.0648 e. The molecule has 2 rings (SSSR count). The zero-order valence-electron chi connectivity index (χ0n) is 9.43. The normalized spacial score (nSPS) is 10.6. The third-order valence-corrected chi connectivity index (χ3v) is 2.64. The fraction of sp³-hybridized carbons (Fsp3) is 0.308. The molecular weight excluding hydrogens is 200 g/mol. The number of nitrogens with zero attached hydrogens (tertiary/aromatic N) is 2. The molecule has 0 unspecified atom stereocenters. The van der Waals surface area contributed by atoms with Gasteiger partial charge in [0.15, 0.2) is 0 Å². The van der Waals surface area contributed by atoms with Crippen molar-refractivity contribution < 1.29 is 5.11 Å². The van der Waals surface area contributed by atoms with Crippen LogP contribution >= 0.6 is 0 Å². The summed E-state index contributed by atoms with van der Waals surface area (Å²) < 4.78 is 1.91. The van der Waals surface area contributed by atoms with Crippen molar-refractivity contribution in [1.82, 2.24) is 9.78 Å². The lowest BCUT2D eigenvalue weighted by atomic mass is 10.1. The van der Waals surface area contributed by atoms with Crippen molar-refractivity contribution in [2.75, 3.05) is 6.61 Å². The quantitative estimate of drug-likeness (QED) is 0.850. The summed E-state index contributed by atoms with van der Waals surface area (Å²) in [4.78, 5) is 0. The van der Waals surface area contributed by atoms with E-state index in [0.717, 1.165) is 24.2 Å². The number of hydrogen-bond donors (Lipinski definition) is 1. The molecule has 0 aliphatic rings. The highest BCUT2D eigenvalue weighted by molar-refractivity contribution is 5.35. The topological polar surface area (TPSA) is 38.0 Å². The lowest BCUT2D eigenvalue weighted by molar-refractivity contribution is 0.288. The van der Waals surface area contributed by atoms with Crippen LogP contribution in [0.15, 0.2) is 36.5 Å². The molecule has 0 saturated heterocycles. The summed E-state index contributed by atoms with van der Waals surface area (Å²) in [6.07, 6.45) is 3.55. The zero-order valence-corrected chi connectivity index (χ0v) is 9.43. The van der Waals surface area contributed by atoms with E-state index in [-0.39, 0.29) is 6.61 Å². The molecule has 3 heteroatoms. The van der Waals surface area contributed by atoms with Gasteiger partial charge in [-0.05, 0) is 43.5 Å². The highest BCUT2D eigenvalue weighted by Crippen LogP contribution is 2.12. The highest BCUT2D eigenvalue weighted by atomic mass is 16.2. The molecule has 0 atom stereocenters. The molecule has 0 aliphatic carbocycles. The predicted octanol–water partition coefficient (Wildman–Crippen LogP) is 2.11. The molecule has 0 amide bonds. The van der Waals surface area contributed by atoms with Gasteiger partial charge in [0.1, 0.15) is 0 Å². The second-order valence-electron chi connectivity index (χ2n) is 3.88. The minimum Gasteiger partial charge on any atom is -0.396 e. The van der Waals surface area contributed by atoms with Gasteiger partial charge in [-0.1, -0.05) is 12.1 Å². The maximum atomic E-state index is 8.75. The van der Waals surface area contributed by atoms with Gasteiger partial charge in [0, 0.05) is 18.5 Å². The van der Waals surface area contributed by atoms with E-state index >= 15 is 0 Å². The van der Waals surface area contributed by atoms with E-state index in [1.807, 2.05) is 17.7 Å². The second kappa shape index (κ2) is 4.94. The summed E-state index contributed by atoms with van der Waals surface area (Å²) in [6.45, 7) is 2.28. The number of aromatic nitrogens is 2. The number of benzene rings is 1. The Bertz CT molecular complexity index is 445. The highest BCUT2D eigenvalue weighted by Gasteiger charge is 2.00. The number of aryl methyl sites for hydroxylation is 2. The Kier molecular flexibility index (Phi) is 3.37. The Morgan fingerprint density at radius 2 is 1.94 bits per heavy atom. The average molecular weight is 216 g/mol. The maximum absolute atomic E-state index is 8.75. The van der Waals surface area contributed by atoms with Crippen LogP contribution in [0.1, 0.15) is 17.7 Å². The van der Waals surface area contributed by atoms with Gasteiger partial charge >= 0.3 is 0 Å². The summed E-state index contributed by atoms with van der Waals surface area (Å²) in [6, 6.07) is 10.3. The summed E-state index contributed by atoms with van der Waals surface area (Å²) in [5.41, 5.74) is 3.46. The lowest BCUT2D eigenvalue weighted by Crippen LogP contribution is -1.98. The van der Waals surface area contributed by atoms with Crippen LogP contribution in [0.2, 0.25) is 0 Å². The van der Waals surface area contributed by atoms with E-state index in [1.54, 1.807) is 6.20 Å². The molecular formula is C13H16N2O. The summed E-state index contributed by atoms with van der Waals surface area (Å²) in [7, 11) is 0. The van der Waals surface area contributed by atoms with E-state index in [2.05, 4.69) is 29.4 Å². The molecule has 0 spiro atoms. The van der Waals surface area contributed by atoms with Crippen molar-refractivity contribution in [2.45, 2.75) is 19.8 Å². The first-order chi connectivity index (χ1) is 7.81. The van der Waals surface area contributed by atoms with E-state index < -0.39 is 0 Å². The van der Waals surface area contributed by atoms with Crippen molar-refractivity contribution in [3.05, 3.63) is 47.8 Å². The van der Waals surface area contributed by atoms with Crippen LogP contribution in [-0.2, 0) is 6.42 Å². The number of rotatable bonds is 4. The molecule has 1 aromatic heterocycles. The molecule has 1 aromatic carbocycles. The van der Waals surface area contributed by atoms with E-state index in [1.165, 1.54) is 5.56 Å². The van der Waals surface area contributed by atoms with Crippen LogP contribution in [0.25, 0.3) is 5.69 Å². The molecule has 84 valence electrons. The van der Waals surface area contributed by atoms with Crippen LogP contribution in [0.5, 0.6) is 0 Å². The predicted molar refractivity (Wildman–Crippen MR) is 63.7 cm³/mol. The van der Waals surface area contributed by atoms with Crippen LogP contribution < -0.4 is 0 Å². The van der Waals surface area contributed by atoms with Gasteiger partial charge in [0.05, 0.1) is 5.69 Å². The van der Waals surface area contributed by atoms with E-state index in [9.17, 15) is 0 Å². The molecule has 0 aliphatic heterocycles. The molecule has 2 aromatic rings. The van der Waals surface area contributed by atoms with Gasteiger partial charge < -0.3 is 5.11 Å². The largest absolute Gasteiger partial charge is 0.396 e. The van der Waals surface area contributed by atoms with Crippen molar-refractivity contribution >= 4 is 0 Å². The van der Waals surface area contributed by atoms with Gasteiger partial charge in [-0.2, -0.15) is 5.10 Å². The summed E-state index contributed by atoms with van der Waals surface area (Å²) >= 11 is 0. The van der Waals surface area contributed by atoms with E-state index in [4.69, 9.17) is 5.11 Å². The summed E-state index contributed by atoms with van der Waals surface area (Å²) in [5, 5.41) is 13.0. The zero-order chi connectivity index (χ0) is 11.4. The van der Waals surface area contributed by atoms with Crippen molar-refractivity contribution in [3.8, 4) is 5.69 Å². The summed E-state index contributed by atoms with van der Waals surface area (Å²) in [5.74, 6) is 0. The van der Waals surface area contributed by atoms with Gasteiger partial charge in [0.25, 0.3) is 0 Å². The Labute approximate surface area is 95.3 Å². The van der Waals surface area contributed by atoms with Gasteiger partial charge in [-0.3, -0.25) is 0 Å². The van der Waals surface area contributed by atoms with Crippen LogP contribution in [0.3, 0.4) is 0 Å². The molecule has 0 saturated carbocycles. The van der Waals surface area contributed by atoms with Gasteiger partial charge in [0.2, 0.25) is 0 Å². The van der Waals surface area contributed by atoms with Crippen LogP contribution in [0, 0.1) is 6.92 Å². The Balaban J connectivity index is 2.16. The first-order valence-electron chi connectivity index (χ1n) is 5.52. The van der Waals surface area contributed by atoms with Crippen molar-refractivity contribution in [1.29, 1.82) is 0 Å². The third-order valence-electron chi connectivity index (χ3n) is 2.64. The number of aliphatic hydroxyl groups excluding tert-OH is 1. The monoisotopic (exact) mass is 216 g/mol. The second-order valence-corrected chi connectivity index (χ2v) is 3.88. The van der Waals surface area contributed by atoms with Gasteiger partial charge in [-0.25, -0.2) is 4.68 Å². The Morgan fingerprint density at radius 3 is 2.50 bits per heavy atom. The minimum absolute atomic E-state index is 0.250. The standard InChI is InChI=1S/C13H16N2O/c1-11-8-9-14-15(11)13-6-4-12(5-7-13)3-2-10-16/h4-9,16H,2-3,10H2,1H3. The van der Waals surface area contributed by atoms with Gasteiger partial charge in [-0.15, -0.1) is 0 Å². The first-order valence-corrected chi connectivity index (χ1v) is 5.52. The molecule has 16 heavy (non-hydrogen) atoms. The molecule has 1 N–H and O–H groups in total. The number of aliphatic hydroxyl groups is 1. The Hall–Kier alpha value is -1.61. The SMILES string of the molecule is Cc1ccnn1-c1ccc(CCCO)cc1. The average Bonchev–Trinajstić information content (AvgIpc) is 2.74. The van der Waals surface area contributed by atoms with Crippen LogP contribution in [-0.4, -0.2) is 21.5 Å². The number of hydrogen-bond acceptors (Lipinski definition) is 2. The van der Waals surface area contributed by atoms with E-state index in [0.29, 0.717) is 0 Å². The Morgan fingerprint density at radius 1 is 1.19 bits per heavy atom. The molecule has 3 nitrogen and oxygen atoms in total. The smallest absolute Gasteiger partial charge is 0.0648 e. The van der Waals surface area contributed by atoms with Crippen LogP contribution in [0.4, 0.5) is 0 Å². The molecule has 0 bridgehead atoms. The fourth-order valence-corrected chi connectivity index (χ4v) is 1.73. The third kappa shape index (κ3) is 2.31. The fourth-order valence-electron chi connectivity index (χ4n) is 1.73. The van der Waals surface area contributed by atoms with Crippen molar-refractivity contribution in [2.24, 2.45) is 0 Å². The molecule has 0 radical (unpaired) electrons. The molecule has 0 fully saturated rings. The minimum atomic E-state index is 0.250.